The third-order valence-electron chi connectivity index (χ3n) is 1.24. The van der Waals surface area contributed by atoms with E-state index in [4.69, 9.17) is 0 Å². The van der Waals surface area contributed by atoms with Crippen molar-refractivity contribution in [3.8, 4) is 11.5 Å². The first-order valence-corrected chi connectivity index (χ1v) is 3.47. The van der Waals surface area contributed by atoms with Crippen molar-refractivity contribution in [2.75, 3.05) is 0 Å². The van der Waals surface area contributed by atoms with E-state index < -0.39 is 6.36 Å². The minimum Gasteiger partial charge on any atom is -0.429 e. The van der Waals surface area contributed by atoms with E-state index in [-0.39, 0.29) is 18.0 Å². The fourth-order valence-electron chi connectivity index (χ4n) is 0.775. The Morgan fingerprint density at radius 3 is 2.00 bits per heavy atom. The summed E-state index contributed by atoms with van der Waals surface area (Å²) in [7, 11) is 0. The highest BCUT2D eigenvalue weighted by Gasteiger charge is 2.30. The Bertz CT molecular complexity index is 305. The van der Waals surface area contributed by atoms with E-state index in [1.165, 1.54) is 12.1 Å². The molecule has 1 aromatic rings. The highest BCUT2D eigenvalue weighted by molar-refractivity contribution is 5.45. The zero-order valence-electron chi connectivity index (χ0n) is 6.75. The summed E-state index contributed by atoms with van der Waals surface area (Å²) in [5.74, 6) is -0.217. The number of hydrogen-bond acceptors (Lipinski definition) is 3. The zero-order chi connectivity index (χ0) is 10.6. The predicted octanol–water partition coefficient (Wildman–Crippen LogP) is 2.12. The number of carbonyl (C=O) groups is 1. The van der Waals surface area contributed by atoms with Crippen molar-refractivity contribution in [2.45, 2.75) is 6.36 Å². The average molecular weight is 206 g/mol. The van der Waals surface area contributed by atoms with E-state index >= 15 is 0 Å². The monoisotopic (exact) mass is 206 g/mol. The Balaban J connectivity index is 2.68. The molecule has 0 aliphatic heterocycles. The van der Waals surface area contributed by atoms with E-state index in [9.17, 15) is 18.0 Å². The van der Waals surface area contributed by atoms with E-state index in [2.05, 4.69) is 9.47 Å². The van der Waals surface area contributed by atoms with Crippen molar-refractivity contribution >= 4 is 6.47 Å². The first-order valence-electron chi connectivity index (χ1n) is 3.47. The second-order valence-electron chi connectivity index (χ2n) is 2.23. The third-order valence-corrected chi connectivity index (χ3v) is 1.24. The molecule has 0 aromatic heterocycles. The topological polar surface area (TPSA) is 35.5 Å². The fraction of sp³-hybridized carbons (Fsp3) is 0.125. The summed E-state index contributed by atoms with van der Waals surface area (Å²) in [5, 5.41) is 0. The van der Waals surface area contributed by atoms with Crippen molar-refractivity contribution in [2.24, 2.45) is 0 Å². The van der Waals surface area contributed by atoms with Gasteiger partial charge in [-0.2, -0.15) is 0 Å². The van der Waals surface area contributed by atoms with Crippen LogP contribution in [0.15, 0.2) is 24.3 Å². The van der Waals surface area contributed by atoms with Crippen LogP contribution < -0.4 is 9.47 Å². The van der Waals surface area contributed by atoms with Gasteiger partial charge < -0.3 is 9.47 Å². The van der Waals surface area contributed by atoms with Crippen LogP contribution in [0.1, 0.15) is 0 Å². The van der Waals surface area contributed by atoms with Crippen molar-refractivity contribution in [1.29, 1.82) is 0 Å². The highest BCUT2D eigenvalue weighted by Crippen LogP contribution is 2.24. The lowest BCUT2D eigenvalue weighted by atomic mass is 10.3. The lowest BCUT2D eigenvalue weighted by Crippen LogP contribution is -2.16. The largest absolute Gasteiger partial charge is 0.573 e. The summed E-state index contributed by atoms with van der Waals surface area (Å²) in [6.07, 6.45) is -4.72. The second-order valence-corrected chi connectivity index (χ2v) is 2.23. The SMILES string of the molecule is O=COc1ccc(OC(F)(F)F)cc1. The van der Waals surface area contributed by atoms with E-state index in [1.807, 2.05) is 0 Å². The van der Waals surface area contributed by atoms with Crippen LogP contribution in [0.3, 0.4) is 0 Å². The molecule has 0 aliphatic carbocycles. The van der Waals surface area contributed by atoms with Crippen LogP contribution in [0.4, 0.5) is 13.2 Å². The molecule has 0 amide bonds. The molecule has 0 unspecified atom stereocenters. The fourth-order valence-corrected chi connectivity index (χ4v) is 0.775. The van der Waals surface area contributed by atoms with Gasteiger partial charge in [0.25, 0.3) is 6.47 Å². The maximum Gasteiger partial charge on any atom is 0.573 e. The lowest BCUT2D eigenvalue weighted by Gasteiger charge is -2.08. The average Bonchev–Trinajstić information content (AvgIpc) is 2.06. The Kier molecular flexibility index (Phi) is 2.95. The van der Waals surface area contributed by atoms with Gasteiger partial charge >= 0.3 is 6.36 Å². The number of alkyl halides is 3. The van der Waals surface area contributed by atoms with Gasteiger partial charge in [-0.1, -0.05) is 0 Å². The second kappa shape index (κ2) is 3.99. The van der Waals surface area contributed by atoms with Crippen LogP contribution in [0.2, 0.25) is 0 Å². The van der Waals surface area contributed by atoms with Gasteiger partial charge in [-0.15, -0.1) is 13.2 Å². The van der Waals surface area contributed by atoms with Gasteiger partial charge in [0.1, 0.15) is 11.5 Å². The van der Waals surface area contributed by atoms with Crippen LogP contribution in [0, 0.1) is 0 Å². The molecule has 1 rings (SSSR count). The van der Waals surface area contributed by atoms with Crippen LogP contribution in [0.5, 0.6) is 11.5 Å². The normalized spacial score (nSPS) is 10.8. The van der Waals surface area contributed by atoms with Crippen molar-refractivity contribution < 1.29 is 27.4 Å². The molecule has 0 heterocycles. The van der Waals surface area contributed by atoms with Gasteiger partial charge in [-0.05, 0) is 24.3 Å². The molecule has 0 N–H and O–H groups in total. The van der Waals surface area contributed by atoms with Crippen molar-refractivity contribution in [3.63, 3.8) is 0 Å². The van der Waals surface area contributed by atoms with Crippen LogP contribution >= 0.6 is 0 Å². The number of rotatable bonds is 3. The van der Waals surface area contributed by atoms with Crippen LogP contribution in [0.25, 0.3) is 0 Å². The molecular weight excluding hydrogens is 201 g/mol. The van der Waals surface area contributed by atoms with Gasteiger partial charge in [0.05, 0.1) is 0 Å². The summed E-state index contributed by atoms with van der Waals surface area (Å²) >= 11 is 0. The van der Waals surface area contributed by atoms with Gasteiger partial charge in [-0.3, -0.25) is 4.79 Å². The maximum atomic E-state index is 11.7. The lowest BCUT2D eigenvalue weighted by molar-refractivity contribution is -0.274. The summed E-state index contributed by atoms with van der Waals surface area (Å²) in [5.41, 5.74) is 0. The Hall–Kier alpha value is -1.72. The number of carbonyl (C=O) groups excluding carboxylic acids is 1. The molecule has 0 saturated carbocycles. The summed E-state index contributed by atoms with van der Waals surface area (Å²) < 4.78 is 43.0. The number of ether oxygens (including phenoxy) is 2. The molecule has 0 aliphatic rings. The van der Waals surface area contributed by atoms with Gasteiger partial charge in [0.15, 0.2) is 0 Å². The van der Waals surface area contributed by atoms with Crippen LogP contribution in [-0.2, 0) is 4.79 Å². The van der Waals surface area contributed by atoms with Gasteiger partial charge in [0, 0.05) is 0 Å². The molecule has 0 saturated heterocycles. The minimum atomic E-state index is -4.72. The number of benzene rings is 1. The Morgan fingerprint density at radius 1 is 1.07 bits per heavy atom. The third kappa shape index (κ3) is 3.34. The smallest absolute Gasteiger partial charge is 0.429 e. The summed E-state index contributed by atoms with van der Waals surface area (Å²) in [6, 6.07) is 4.48. The molecular formula is C8H5F3O3. The van der Waals surface area contributed by atoms with Crippen molar-refractivity contribution in [3.05, 3.63) is 24.3 Å². The van der Waals surface area contributed by atoms with Crippen LogP contribution in [-0.4, -0.2) is 12.8 Å². The molecule has 0 spiro atoms. The molecule has 6 heteroatoms. The molecule has 0 bridgehead atoms. The quantitative estimate of drug-likeness (QED) is 0.710. The minimum absolute atomic E-state index is 0.148. The molecule has 0 fully saturated rings. The molecule has 3 nitrogen and oxygen atoms in total. The van der Waals surface area contributed by atoms with Gasteiger partial charge in [0.2, 0.25) is 0 Å². The molecule has 76 valence electrons. The molecule has 1 aromatic carbocycles. The van der Waals surface area contributed by atoms with E-state index in [1.54, 1.807) is 0 Å². The van der Waals surface area contributed by atoms with E-state index in [0.29, 0.717) is 0 Å². The summed E-state index contributed by atoms with van der Waals surface area (Å²) in [4.78, 5) is 9.85. The predicted molar refractivity (Wildman–Crippen MR) is 39.8 cm³/mol. The number of hydrogen-bond donors (Lipinski definition) is 0. The zero-order valence-corrected chi connectivity index (χ0v) is 6.75. The summed E-state index contributed by atoms with van der Waals surface area (Å²) in [6.45, 7) is 0.180. The van der Waals surface area contributed by atoms with Gasteiger partial charge in [-0.25, -0.2) is 0 Å². The maximum absolute atomic E-state index is 11.7. The molecule has 14 heavy (non-hydrogen) atoms. The van der Waals surface area contributed by atoms with E-state index in [0.717, 1.165) is 12.1 Å². The standard InChI is InChI=1S/C8H5F3O3/c9-8(10,11)14-7-3-1-6(2-4-7)13-5-12/h1-5H. The Morgan fingerprint density at radius 2 is 1.57 bits per heavy atom. The number of halogens is 3. The molecule has 0 radical (unpaired) electrons. The first kappa shape index (κ1) is 10.4. The Labute approximate surface area is 77.0 Å². The molecule has 0 atom stereocenters. The highest BCUT2D eigenvalue weighted by atomic mass is 19.4. The van der Waals surface area contributed by atoms with Crippen molar-refractivity contribution in [1.82, 2.24) is 0 Å². The first-order chi connectivity index (χ1) is 6.51.